The molecular formula is C3H4Cl3NO. The lowest BCUT2D eigenvalue weighted by Crippen LogP contribution is -2.26. The molecule has 0 heterocycles. The molecule has 0 spiro atoms. The zero-order chi connectivity index (χ0) is 6.78. The van der Waals surface area contributed by atoms with Crippen LogP contribution in [0.3, 0.4) is 0 Å². The first-order chi connectivity index (χ1) is 3.48. The molecule has 2 N–H and O–H groups in total. The molecule has 0 bridgehead atoms. The van der Waals surface area contributed by atoms with Gasteiger partial charge in [-0.15, -0.1) is 0 Å². The first-order valence-electron chi connectivity index (χ1n) is 1.78. The lowest BCUT2D eigenvalue weighted by Gasteiger charge is -2.04. The van der Waals surface area contributed by atoms with E-state index in [4.69, 9.17) is 40.5 Å². The van der Waals surface area contributed by atoms with Crippen LogP contribution in [-0.4, -0.2) is 16.1 Å². The molecule has 5 heteroatoms. The Bertz CT molecular complexity index is 97.2. The lowest BCUT2D eigenvalue weighted by atomic mass is 10.4. The van der Waals surface area contributed by atoms with Crippen LogP contribution in [-0.2, 0) is 4.79 Å². The number of carbonyl (C=O) groups is 1. The predicted molar refractivity (Wildman–Crippen MR) is 34.4 cm³/mol. The van der Waals surface area contributed by atoms with Crippen molar-refractivity contribution in [1.82, 2.24) is 0 Å². The van der Waals surface area contributed by atoms with E-state index in [1.807, 2.05) is 0 Å². The molecule has 0 saturated heterocycles. The molecule has 0 aliphatic rings. The zero-order valence-corrected chi connectivity index (χ0v) is 6.09. The van der Waals surface area contributed by atoms with Crippen LogP contribution in [0.25, 0.3) is 0 Å². The summed E-state index contributed by atoms with van der Waals surface area (Å²) >= 11 is 15.3. The largest absolute Gasteiger partial charge is 0.324 e. The highest BCUT2D eigenvalue weighted by Crippen LogP contribution is 2.26. The van der Waals surface area contributed by atoms with Gasteiger partial charge in [-0.25, -0.2) is 0 Å². The predicted octanol–water partition coefficient (Wildman–Crippen LogP) is 0.884. The van der Waals surface area contributed by atoms with Gasteiger partial charge < -0.3 is 5.73 Å². The van der Waals surface area contributed by atoms with Gasteiger partial charge in [-0.1, -0.05) is 34.8 Å². The van der Waals surface area contributed by atoms with Gasteiger partial charge in [0, 0.05) is 0 Å². The van der Waals surface area contributed by atoms with Crippen molar-refractivity contribution in [3.05, 3.63) is 0 Å². The second kappa shape index (κ2) is 2.87. The molecule has 0 rings (SSSR count). The minimum atomic E-state index is -1.84. The Morgan fingerprint density at radius 1 is 1.50 bits per heavy atom. The van der Waals surface area contributed by atoms with Crippen LogP contribution in [0.15, 0.2) is 0 Å². The monoisotopic (exact) mass is 175 g/mol. The van der Waals surface area contributed by atoms with E-state index in [9.17, 15) is 4.79 Å². The van der Waals surface area contributed by atoms with Crippen LogP contribution in [0.1, 0.15) is 0 Å². The van der Waals surface area contributed by atoms with Crippen molar-refractivity contribution in [2.24, 2.45) is 5.73 Å². The number of halogens is 3. The number of ketones is 1. The highest BCUT2D eigenvalue weighted by molar-refractivity contribution is 6.76. The molecular weight excluding hydrogens is 172 g/mol. The third-order valence-corrected chi connectivity index (χ3v) is 1.13. The Labute approximate surface area is 61.9 Å². The molecule has 0 unspecified atom stereocenters. The van der Waals surface area contributed by atoms with Crippen molar-refractivity contribution < 1.29 is 4.79 Å². The maximum atomic E-state index is 10.3. The minimum Gasteiger partial charge on any atom is -0.324 e. The third kappa shape index (κ3) is 2.72. The number of rotatable bonds is 1. The summed E-state index contributed by atoms with van der Waals surface area (Å²) in [6.07, 6.45) is 0. The Morgan fingerprint density at radius 2 is 1.88 bits per heavy atom. The van der Waals surface area contributed by atoms with Gasteiger partial charge in [-0.2, -0.15) is 0 Å². The molecule has 8 heavy (non-hydrogen) atoms. The Morgan fingerprint density at radius 3 is 1.88 bits per heavy atom. The van der Waals surface area contributed by atoms with Crippen molar-refractivity contribution in [1.29, 1.82) is 0 Å². The molecule has 0 aliphatic heterocycles. The summed E-state index contributed by atoms with van der Waals surface area (Å²) in [6.45, 7) is -0.240. The van der Waals surface area contributed by atoms with Crippen molar-refractivity contribution in [3.8, 4) is 0 Å². The van der Waals surface area contributed by atoms with E-state index in [2.05, 4.69) is 0 Å². The molecule has 0 aromatic carbocycles. The minimum absolute atomic E-state index is 0.240. The smallest absolute Gasteiger partial charge is 0.250 e. The van der Waals surface area contributed by atoms with Crippen molar-refractivity contribution in [3.63, 3.8) is 0 Å². The fourth-order valence-electron chi connectivity index (χ4n) is 0.116. The summed E-state index contributed by atoms with van der Waals surface area (Å²) in [5.74, 6) is -0.595. The summed E-state index contributed by atoms with van der Waals surface area (Å²) < 4.78 is -1.84. The summed E-state index contributed by atoms with van der Waals surface area (Å²) in [7, 11) is 0. The van der Waals surface area contributed by atoms with Gasteiger partial charge in [0.05, 0.1) is 6.54 Å². The quantitative estimate of drug-likeness (QED) is 0.603. The number of Topliss-reactive ketones (excluding diaryl/α,β-unsaturated/α-hetero) is 1. The van der Waals surface area contributed by atoms with Crippen LogP contribution in [0, 0.1) is 0 Å². The maximum Gasteiger partial charge on any atom is 0.250 e. The second-order valence-corrected chi connectivity index (χ2v) is 3.41. The van der Waals surface area contributed by atoms with E-state index in [1.165, 1.54) is 0 Å². The van der Waals surface area contributed by atoms with Crippen molar-refractivity contribution >= 4 is 40.6 Å². The molecule has 0 saturated carbocycles. The van der Waals surface area contributed by atoms with E-state index < -0.39 is 9.58 Å². The van der Waals surface area contributed by atoms with Crippen LogP contribution < -0.4 is 5.73 Å². The first kappa shape index (κ1) is 8.50. The number of carbonyl (C=O) groups excluding carboxylic acids is 1. The summed E-state index contributed by atoms with van der Waals surface area (Å²) in [6, 6.07) is 0. The van der Waals surface area contributed by atoms with E-state index in [0.717, 1.165) is 0 Å². The fraction of sp³-hybridized carbons (Fsp3) is 0.667. The van der Waals surface area contributed by atoms with Crippen LogP contribution in [0.2, 0.25) is 0 Å². The molecule has 0 amide bonds. The molecule has 0 aromatic heterocycles. The van der Waals surface area contributed by atoms with Gasteiger partial charge in [-0.3, -0.25) is 4.79 Å². The third-order valence-electron chi connectivity index (χ3n) is 0.502. The van der Waals surface area contributed by atoms with Gasteiger partial charge in [0.1, 0.15) is 0 Å². The van der Waals surface area contributed by atoms with Gasteiger partial charge in [0.2, 0.25) is 3.79 Å². The normalized spacial score (nSPS) is 11.5. The van der Waals surface area contributed by atoms with Gasteiger partial charge >= 0.3 is 0 Å². The highest BCUT2D eigenvalue weighted by atomic mass is 35.6. The van der Waals surface area contributed by atoms with E-state index in [1.54, 1.807) is 0 Å². The fourth-order valence-corrected chi connectivity index (χ4v) is 0.347. The van der Waals surface area contributed by atoms with E-state index >= 15 is 0 Å². The Balaban J connectivity index is 3.82. The molecule has 0 aromatic rings. The number of nitrogens with two attached hydrogens (primary N) is 1. The van der Waals surface area contributed by atoms with Crippen LogP contribution in [0.5, 0.6) is 0 Å². The van der Waals surface area contributed by atoms with Gasteiger partial charge in [0.15, 0.2) is 5.78 Å². The maximum absolute atomic E-state index is 10.3. The molecule has 0 fully saturated rings. The average Bonchev–Trinajstić information content (AvgIpc) is 1.62. The zero-order valence-electron chi connectivity index (χ0n) is 3.83. The lowest BCUT2D eigenvalue weighted by molar-refractivity contribution is -0.116. The van der Waals surface area contributed by atoms with E-state index in [-0.39, 0.29) is 6.54 Å². The Kier molecular flexibility index (Phi) is 3.05. The molecule has 0 atom stereocenters. The molecule has 0 radical (unpaired) electrons. The van der Waals surface area contributed by atoms with E-state index in [0.29, 0.717) is 0 Å². The van der Waals surface area contributed by atoms with Gasteiger partial charge in [0.25, 0.3) is 0 Å². The molecule has 0 aliphatic carbocycles. The SMILES string of the molecule is NCC(=O)C(Cl)(Cl)Cl. The summed E-state index contributed by atoms with van der Waals surface area (Å²) in [5, 5.41) is 0. The standard InChI is InChI=1S/C3H4Cl3NO/c4-3(5,6)2(8)1-7/h1,7H2. The number of alkyl halides is 3. The molecule has 2 nitrogen and oxygen atoms in total. The Hall–Kier alpha value is 0.500. The average molecular weight is 176 g/mol. The summed E-state index contributed by atoms with van der Waals surface area (Å²) in [5.41, 5.74) is 4.86. The first-order valence-corrected chi connectivity index (χ1v) is 2.92. The molecule has 48 valence electrons. The van der Waals surface area contributed by atoms with Crippen LogP contribution >= 0.6 is 34.8 Å². The summed E-state index contributed by atoms with van der Waals surface area (Å²) in [4.78, 5) is 10.3. The number of hydrogen-bond donors (Lipinski definition) is 1. The van der Waals surface area contributed by atoms with Crippen molar-refractivity contribution in [2.45, 2.75) is 3.79 Å². The van der Waals surface area contributed by atoms with Gasteiger partial charge in [-0.05, 0) is 0 Å². The number of hydrogen-bond acceptors (Lipinski definition) is 2. The van der Waals surface area contributed by atoms with Crippen molar-refractivity contribution in [2.75, 3.05) is 6.54 Å². The topological polar surface area (TPSA) is 43.1 Å². The highest BCUT2D eigenvalue weighted by Gasteiger charge is 2.28. The van der Waals surface area contributed by atoms with Crippen LogP contribution in [0.4, 0.5) is 0 Å². The second-order valence-electron chi connectivity index (χ2n) is 1.13.